The quantitative estimate of drug-likeness (QED) is 0.632. The zero-order chi connectivity index (χ0) is 17.7. The second kappa shape index (κ2) is 7.82. The predicted molar refractivity (Wildman–Crippen MR) is 91.6 cm³/mol. The molecule has 7 heteroatoms. The minimum absolute atomic E-state index is 0.0702. The van der Waals surface area contributed by atoms with Crippen molar-refractivity contribution >= 4 is 40.9 Å². The SMILES string of the molecule is COc1ccc(/C=C(\C#N)C(=O)Nc2cc(Cl)ccc2Cl)cc1F. The van der Waals surface area contributed by atoms with Crippen LogP contribution < -0.4 is 10.1 Å². The maximum absolute atomic E-state index is 13.7. The van der Waals surface area contributed by atoms with Gasteiger partial charge in [-0.15, -0.1) is 0 Å². The van der Waals surface area contributed by atoms with Gasteiger partial charge >= 0.3 is 0 Å². The van der Waals surface area contributed by atoms with Gasteiger partial charge in [0.1, 0.15) is 11.6 Å². The molecule has 0 radical (unpaired) electrons. The summed E-state index contributed by atoms with van der Waals surface area (Å²) in [6.45, 7) is 0. The van der Waals surface area contributed by atoms with E-state index >= 15 is 0 Å². The van der Waals surface area contributed by atoms with Crippen LogP contribution in [0.15, 0.2) is 42.0 Å². The lowest BCUT2D eigenvalue weighted by Gasteiger charge is -2.07. The number of nitriles is 1. The van der Waals surface area contributed by atoms with Crippen molar-refractivity contribution in [3.8, 4) is 11.8 Å². The molecular weight excluding hydrogens is 354 g/mol. The van der Waals surface area contributed by atoms with Crippen molar-refractivity contribution in [1.82, 2.24) is 0 Å². The molecule has 0 aliphatic carbocycles. The summed E-state index contributed by atoms with van der Waals surface area (Å²) in [5.41, 5.74) is 0.407. The Hall–Kier alpha value is -2.55. The summed E-state index contributed by atoms with van der Waals surface area (Å²) in [7, 11) is 1.34. The summed E-state index contributed by atoms with van der Waals surface area (Å²) in [5.74, 6) is -1.21. The number of carbonyl (C=O) groups excluding carboxylic acids is 1. The molecule has 0 aromatic heterocycles. The lowest BCUT2D eigenvalue weighted by molar-refractivity contribution is -0.112. The van der Waals surface area contributed by atoms with Gasteiger partial charge in [0.15, 0.2) is 11.6 Å². The average Bonchev–Trinajstić information content (AvgIpc) is 2.56. The topological polar surface area (TPSA) is 62.1 Å². The Balaban J connectivity index is 2.27. The number of carbonyl (C=O) groups is 1. The first-order valence-corrected chi connectivity index (χ1v) is 7.42. The smallest absolute Gasteiger partial charge is 0.266 e. The number of rotatable bonds is 4. The molecule has 122 valence electrons. The second-order valence-corrected chi connectivity index (χ2v) is 5.49. The van der Waals surface area contributed by atoms with E-state index in [1.54, 1.807) is 12.1 Å². The van der Waals surface area contributed by atoms with Crippen molar-refractivity contribution in [2.75, 3.05) is 12.4 Å². The van der Waals surface area contributed by atoms with Crippen LogP contribution in [0.4, 0.5) is 10.1 Å². The van der Waals surface area contributed by atoms with Crippen molar-refractivity contribution in [1.29, 1.82) is 5.26 Å². The minimum Gasteiger partial charge on any atom is -0.494 e. The number of hydrogen-bond donors (Lipinski definition) is 1. The molecule has 0 saturated carbocycles. The molecule has 0 heterocycles. The van der Waals surface area contributed by atoms with Crippen molar-refractivity contribution in [3.63, 3.8) is 0 Å². The Morgan fingerprint density at radius 3 is 2.67 bits per heavy atom. The van der Waals surface area contributed by atoms with Crippen molar-refractivity contribution < 1.29 is 13.9 Å². The Morgan fingerprint density at radius 1 is 1.29 bits per heavy atom. The Morgan fingerprint density at radius 2 is 2.04 bits per heavy atom. The fraction of sp³-hybridized carbons (Fsp3) is 0.0588. The number of nitrogens with one attached hydrogen (secondary N) is 1. The normalized spacial score (nSPS) is 10.9. The monoisotopic (exact) mass is 364 g/mol. The predicted octanol–water partition coefficient (Wildman–Crippen LogP) is 4.69. The van der Waals surface area contributed by atoms with Crippen molar-refractivity contribution in [2.24, 2.45) is 0 Å². The molecule has 24 heavy (non-hydrogen) atoms. The van der Waals surface area contributed by atoms with E-state index < -0.39 is 11.7 Å². The molecule has 2 aromatic carbocycles. The van der Waals surface area contributed by atoms with Crippen LogP contribution in [-0.2, 0) is 4.79 Å². The number of halogens is 3. The number of hydrogen-bond acceptors (Lipinski definition) is 3. The highest BCUT2D eigenvalue weighted by Crippen LogP contribution is 2.26. The van der Waals surface area contributed by atoms with Crippen LogP contribution in [0.3, 0.4) is 0 Å². The number of nitrogens with zero attached hydrogens (tertiary/aromatic N) is 1. The van der Waals surface area contributed by atoms with E-state index in [0.717, 1.165) is 6.07 Å². The Bertz CT molecular complexity index is 860. The van der Waals surface area contributed by atoms with E-state index in [1.807, 2.05) is 0 Å². The van der Waals surface area contributed by atoms with Gasteiger partial charge in [0.05, 0.1) is 17.8 Å². The molecular formula is C17H11Cl2FN2O2. The van der Waals surface area contributed by atoms with Crippen LogP contribution in [0.5, 0.6) is 5.75 Å². The summed E-state index contributed by atoms with van der Waals surface area (Å²) >= 11 is 11.8. The molecule has 0 spiro atoms. The molecule has 1 N–H and O–H groups in total. The number of methoxy groups -OCH3 is 1. The summed E-state index contributed by atoms with van der Waals surface area (Å²) < 4.78 is 18.5. The highest BCUT2D eigenvalue weighted by Gasteiger charge is 2.12. The van der Waals surface area contributed by atoms with E-state index in [1.165, 1.54) is 37.5 Å². The first-order chi connectivity index (χ1) is 11.4. The zero-order valence-corrected chi connectivity index (χ0v) is 14.0. The van der Waals surface area contributed by atoms with Crippen LogP contribution in [0.2, 0.25) is 10.0 Å². The van der Waals surface area contributed by atoms with Crippen LogP contribution in [0.1, 0.15) is 5.56 Å². The maximum atomic E-state index is 13.7. The Kier molecular flexibility index (Phi) is 5.80. The molecule has 0 atom stereocenters. The highest BCUT2D eigenvalue weighted by molar-refractivity contribution is 6.36. The third-order valence-corrected chi connectivity index (χ3v) is 3.59. The van der Waals surface area contributed by atoms with Crippen LogP contribution in [0, 0.1) is 17.1 Å². The molecule has 2 aromatic rings. The number of benzene rings is 2. The fourth-order valence-corrected chi connectivity index (χ4v) is 2.21. The summed E-state index contributed by atoms with van der Waals surface area (Å²) in [4.78, 5) is 12.2. The second-order valence-electron chi connectivity index (χ2n) is 4.64. The van der Waals surface area contributed by atoms with Crippen LogP contribution in [0.25, 0.3) is 6.08 Å². The van der Waals surface area contributed by atoms with E-state index in [-0.39, 0.29) is 22.0 Å². The number of anilines is 1. The average molecular weight is 365 g/mol. The molecule has 0 aliphatic heterocycles. The van der Waals surface area contributed by atoms with E-state index in [2.05, 4.69) is 5.32 Å². The molecule has 1 amide bonds. The van der Waals surface area contributed by atoms with E-state index in [0.29, 0.717) is 10.6 Å². The van der Waals surface area contributed by atoms with E-state index in [9.17, 15) is 14.4 Å². The van der Waals surface area contributed by atoms with Gasteiger partial charge < -0.3 is 10.1 Å². The van der Waals surface area contributed by atoms with Crippen LogP contribution >= 0.6 is 23.2 Å². The minimum atomic E-state index is -0.683. The molecule has 0 bridgehead atoms. The molecule has 0 saturated heterocycles. The number of amides is 1. The van der Waals surface area contributed by atoms with E-state index in [4.69, 9.17) is 27.9 Å². The first-order valence-electron chi connectivity index (χ1n) is 6.66. The molecule has 2 rings (SSSR count). The lowest BCUT2D eigenvalue weighted by atomic mass is 10.1. The third-order valence-electron chi connectivity index (χ3n) is 3.03. The fourth-order valence-electron chi connectivity index (χ4n) is 1.87. The zero-order valence-electron chi connectivity index (χ0n) is 12.4. The molecule has 0 fully saturated rings. The third kappa shape index (κ3) is 4.25. The van der Waals surface area contributed by atoms with Gasteiger partial charge in [-0.25, -0.2) is 4.39 Å². The van der Waals surface area contributed by atoms with Gasteiger partial charge in [-0.3, -0.25) is 4.79 Å². The summed E-state index contributed by atoms with van der Waals surface area (Å²) in [5, 5.41) is 12.3. The summed E-state index contributed by atoms with van der Waals surface area (Å²) in [6, 6.07) is 10.4. The van der Waals surface area contributed by atoms with Gasteiger partial charge in [0, 0.05) is 5.02 Å². The van der Waals surface area contributed by atoms with Gasteiger partial charge in [0.25, 0.3) is 5.91 Å². The van der Waals surface area contributed by atoms with Crippen LogP contribution in [-0.4, -0.2) is 13.0 Å². The van der Waals surface area contributed by atoms with Crippen molar-refractivity contribution in [3.05, 3.63) is 63.4 Å². The van der Waals surface area contributed by atoms with Gasteiger partial charge in [0.2, 0.25) is 0 Å². The lowest BCUT2D eigenvalue weighted by Crippen LogP contribution is -2.13. The molecule has 4 nitrogen and oxygen atoms in total. The number of ether oxygens (including phenoxy) is 1. The maximum Gasteiger partial charge on any atom is 0.266 e. The highest BCUT2D eigenvalue weighted by atomic mass is 35.5. The molecule has 0 aliphatic rings. The van der Waals surface area contributed by atoms with Gasteiger partial charge in [-0.2, -0.15) is 5.26 Å². The first kappa shape index (κ1) is 17.8. The largest absolute Gasteiger partial charge is 0.494 e. The molecule has 0 unspecified atom stereocenters. The Labute approximate surface area is 148 Å². The van der Waals surface area contributed by atoms with Crippen molar-refractivity contribution in [2.45, 2.75) is 0 Å². The standard InChI is InChI=1S/C17H11Cl2FN2O2/c1-24-16-5-2-10(7-14(16)20)6-11(9-21)17(23)22-15-8-12(18)3-4-13(15)19/h2-8H,1H3,(H,22,23)/b11-6+. The van der Waals surface area contributed by atoms with Gasteiger partial charge in [-0.1, -0.05) is 29.3 Å². The van der Waals surface area contributed by atoms with Gasteiger partial charge in [-0.05, 0) is 42.0 Å². The summed E-state index contributed by atoms with van der Waals surface area (Å²) in [6.07, 6.45) is 1.26.